The molecule has 0 N–H and O–H groups in total. The van der Waals surface area contributed by atoms with Crippen molar-refractivity contribution in [2.24, 2.45) is 4.99 Å². The molecule has 1 amide bonds. The van der Waals surface area contributed by atoms with Crippen molar-refractivity contribution in [3.8, 4) is 0 Å². The van der Waals surface area contributed by atoms with E-state index in [0.717, 1.165) is 14.7 Å². The van der Waals surface area contributed by atoms with E-state index in [-0.39, 0.29) is 10.5 Å². The third-order valence-electron chi connectivity index (χ3n) is 4.18. The van der Waals surface area contributed by atoms with E-state index >= 15 is 0 Å². The van der Waals surface area contributed by atoms with Gasteiger partial charge in [-0.1, -0.05) is 39.4 Å². The fraction of sp³-hybridized carbons (Fsp3) is 0.200. The van der Waals surface area contributed by atoms with Crippen LogP contribution in [0.15, 0.2) is 69.5 Å². The summed E-state index contributed by atoms with van der Waals surface area (Å²) in [7, 11) is -3.46. The number of halogens is 1. The van der Waals surface area contributed by atoms with Crippen LogP contribution >= 0.6 is 27.3 Å². The first kappa shape index (κ1) is 20.7. The quantitative estimate of drug-likeness (QED) is 0.504. The van der Waals surface area contributed by atoms with Gasteiger partial charge in [-0.15, -0.1) is 6.58 Å². The van der Waals surface area contributed by atoms with Crippen molar-refractivity contribution in [3.05, 3.63) is 70.0 Å². The molecule has 0 fully saturated rings. The van der Waals surface area contributed by atoms with E-state index in [1.165, 1.54) is 23.5 Å². The van der Waals surface area contributed by atoms with Gasteiger partial charge < -0.3 is 4.57 Å². The first-order valence-corrected chi connectivity index (χ1v) is 11.7. The lowest BCUT2D eigenvalue weighted by molar-refractivity contribution is 0.0997. The summed E-state index contributed by atoms with van der Waals surface area (Å²) in [5.41, 5.74) is 1.20. The maximum absolute atomic E-state index is 12.8. The average molecular weight is 479 g/mol. The molecule has 28 heavy (non-hydrogen) atoms. The highest BCUT2D eigenvalue weighted by molar-refractivity contribution is 9.10. The minimum Gasteiger partial charge on any atom is -0.312 e. The van der Waals surface area contributed by atoms with E-state index in [9.17, 15) is 13.2 Å². The summed E-state index contributed by atoms with van der Waals surface area (Å²) in [4.78, 5) is 17.7. The number of amides is 1. The minimum absolute atomic E-state index is 0.128. The molecule has 0 atom stereocenters. The number of nitrogens with zero attached hydrogens (tertiary/aromatic N) is 2. The number of sulfone groups is 1. The highest BCUT2D eigenvalue weighted by Gasteiger charge is 2.20. The average Bonchev–Trinajstić information content (AvgIpc) is 2.98. The van der Waals surface area contributed by atoms with Crippen molar-refractivity contribution in [1.29, 1.82) is 0 Å². The van der Waals surface area contributed by atoms with Gasteiger partial charge in [-0.2, -0.15) is 4.99 Å². The predicted octanol–water partition coefficient (Wildman–Crippen LogP) is 4.57. The molecule has 0 aliphatic carbocycles. The van der Waals surface area contributed by atoms with Gasteiger partial charge >= 0.3 is 0 Å². The second-order valence-electron chi connectivity index (χ2n) is 6.43. The summed E-state index contributed by atoms with van der Waals surface area (Å²) in [6.45, 7) is 7.51. The van der Waals surface area contributed by atoms with E-state index in [2.05, 4.69) is 27.5 Å². The van der Waals surface area contributed by atoms with Crippen LogP contribution in [0.3, 0.4) is 0 Å². The third-order valence-corrected chi connectivity index (χ3v) is 7.87. The van der Waals surface area contributed by atoms with Crippen molar-refractivity contribution < 1.29 is 13.2 Å². The molecule has 0 aliphatic rings. The van der Waals surface area contributed by atoms with Crippen molar-refractivity contribution in [2.75, 3.05) is 0 Å². The Balaban J connectivity index is 2.11. The van der Waals surface area contributed by atoms with Crippen LogP contribution in [-0.2, 0) is 16.4 Å². The highest BCUT2D eigenvalue weighted by Crippen LogP contribution is 2.23. The number of aromatic nitrogens is 1. The van der Waals surface area contributed by atoms with Crippen LogP contribution in [0.2, 0.25) is 0 Å². The van der Waals surface area contributed by atoms with Crippen LogP contribution in [0, 0.1) is 0 Å². The van der Waals surface area contributed by atoms with Crippen LogP contribution in [0.4, 0.5) is 0 Å². The Morgan fingerprint density at radius 2 is 2.04 bits per heavy atom. The Morgan fingerprint density at radius 3 is 2.71 bits per heavy atom. The maximum atomic E-state index is 12.8. The number of hydrogen-bond acceptors (Lipinski definition) is 4. The van der Waals surface area contributed by atoms with Crippen molar-refractivity contribution >= 4 is 53.2 Å². The minimum atomic E-state index is -3.46. The Bertz CT molecular complexity index is 1240. The van der Waals surface area contributed by atoms with Crippen LogP contribution < -0.4 is 4.80 Å². The molecule has 0 aliphatic heterocycles. The van der Waals surface area contributed by atoms with E-state index in [4.69, 9.17) is 0 Å². The van der Waals surface area contributed by atoms with Gasteiger partial charge in [0.1, 0.15) is 0 Å². The topological polar surface area (TPSA) is 68.5 Å². The Labute approximate surface area is 176 Å². The zero-order valence-corrected chi connectivity index (χ0v) is 18.6. The van der Waals surface area contributed by atoms with Crippen molar-refractivity contribution in [3.63, 3.8) is 0 Å². The molecule has 3 rings (SSSR count). The number of benzene rings is 2. The molecule has 2 aromatic carbocycles. The molecule has 0 bridgehead atoms. The van der Waals surface area contributed by atoms with Gasteiger partial charge in [0, 0.05) is 16.6 Å². The Kier molecular flexibility index (Phi) is 6.02. The fourth-order valence-corrected chi connectivity index (χ4v) is 5.36. The smallest absolute Gasteiger partial charge is 0.279 e. The monoisotopic (exact) mass is 478 g/mol. The zero-order chi connectivity index (χ0) is 20.5. The molecular weight excluding hydrogens is 460 g/mol. The van der Waals surface area contributed by atoms with Gasteiger partial charge in [0.15, 0.2) is 14.6 Å². The van der Waals surface area contributed by atoms with Crippen molar-refractivity contribution in [2.45, 2.75) is 30.5 Å². The van der Waals surface area contributed by atoms with Gasteiger partial charge in [-0.05, 0) is 50.2 Å². The highest BCUT2D eigenvalue weighted by atomic mass is 79.9. The summed E-state index contributed by atoms with van der Waals surface area (Å²) in [5.74, 6) is -0.482. The first-order valence-electron chi connectivity index (χ1n) is 8.57. The molecule has 8 heteroatoms. The summed E-state index contributed by atoms with van der Waals surface area (Å²) >= 11 is 4.85. The van der Waals surface area contributed by atoms with Crippen LogP contribution in [0.5, 0.6) is 0 Å². The number of allylic oxidation sites excluding steroid dienone is 1. The summed E-state index contributed by atoms with van der Waals surface area (Å²) in [5, 5.41) is -0.564. The van der Waals surface area contributed by atoms with Crippen LogP contribution in [-0.4, -0.2) is 24.1 Å². The van der Waals surface area contributed by atoms with Gasteiger partial charge in [-0.3, -0.25) is 4.79 Å². The lowest BCUT2D eigenvalue weighted by Gasteiger charge is -2.08. The molecule has 0 spiro atoms. The van der Waals surface area contributed by atoms with Gasteiger partial charge in [0.25, 0.3) is 5.91 Å². The fourth-order valence-electron chi connectivity index (χ4n) is 2.67. The first-order chi connectivity index (χ1) is 13.2. The lowest BCUT2D eigenvalue weighted by atomic mass is 10.2. The Hall–Kier alpha value is -2.03. The summed E-state index contributed by atoms with van der Waals surface area (Å²) in [6, 6.07) is 11.9. The van der Waals surface area contributed by atoms with E-state index in [1.54, 1.807) is 32.1 Å². The normalized spacial score (nSPS) is 12.6. The molecule has 146 valence electrons. The molecule has 0 saturated heterocycles. The second-order valence-corrected chi connectivity index (χ2v) is 10.9. The largest absolute Gasteiger partial charge is 0.312 e. The molecule has 1 aromatic heterocycles. The van der Waals surface area contributed by atoms with E-state index < -0.39 is 21.0 Å². The number of carbonyl (C=O) groups excluding carboxylic acids is 1. The predicted molar refractivity (Wildman–Crippen MR) is 116 cm³/mol. The molecular formula is C20H19BrN2O3S2. The molecule has 0 radical (unpaired) electrons. The van der Waals surface area contributed by atoms with E-state index in [1.807, 2.05) is 22.8 Å². The Morgan fingerprint density at radius 1 is 1.29 bits per heavy atom. The second kappa shape index (κ2) is 8.14. The number of rotatable bonds is 5. The van der Waals surface area contributed by atoms with Gasteiger partial charge in [0.2, 0.25) is 0 Å². The zero-order valence-electron chi connectivity index (χ0n) is 15.4. The lowest BCUT2D eigenvalue weighted by Crippen LogP contribution is -2.17. The van der Waals surface area contributed by atoms with Crippen LogP contribution in [0.1, 0.15) is 24.2 Å². The van der Waals surface area contributed by atoms with E-state index in [0.29, 0.717) is 11.3 Å². The molecule has 1 heterocycles. The number of fused-ring (bicyclic) bond motifs is 1. The molecule has 3 aromatic rings. The standard InChI is InChI=1S/C20H19BrN2O3S2/c1-4-10-23-17-9-8-15(21)12-18(17)27-20(23)22-19(24)14-6-5-7-16(11-14)28(25,26)13(2)3/h4-9,11-13H,1,10H2,2-3H3. The summed E-state index contributed by atoms with van der Waals surface area (Å²) in [6.07, 6.45) is 1.74. The number of hydrogen-bond donors (Lipinski definition) is 0. The van der Waals surface area contributed by atoms with Crippen molar-refractivity contribution in [1.82, 2.24) is 4.57 Å². The maximum Gasteiger partial charge on any atom is 0.279 e. The number of thiazole rings is 1. The van der Waals surface area contributed by atoms with Crippen LogP contribution in [0.25, 0.3) is 10.2 Å². The van der Waals surface area contributed by atoms with Gasteiger partial charge in [-0.25, -0.2) is 8.42 Å². The SMILES string of the molecule is C=CCn1c(=NC(=O)c2cccc(S(=O)(=O)C(C)C)c2)sc2cc(Br)ccc21. The molecule has 5 nitrogen and oxygen atoms in total. The van der Waals surface area contributed by atoms with Gasteiger partial charge in [0.05, 0.1) is 20.4 Å². The summed E-state index contributed by atoms with van der Waals surface area (Å²) < 4.78 is 28.6. The molecule has 0 unspecified atom stereocenters. The number of carbonyl (C=O) groups is 1. The third kappa shape index (κ3) is 4.04. The molecule has 0 saturated carbocycles.